The van der Waals surface area contributed by atoms with Gasteiger partial charge in [-0.1, -0.05) is 20.3 Å². The van der Waals surface area contributed by atoms with Gasteiger partial charge in [0.05, 0.1) is 10.9 Å². The molecule has 3 rings (SSSR count). The Bertz CT molecular complexity index is 933. The molecule has 1 aromatic carbocycles. The highest BCUT2D eigenvalue weighted by Gasteiger charge is 2.21. The predicted molar refractivity (Wildman–Crippen MR) is 102 cm³/mol. The number of amides is 1. The Balaban J connectivity index is 2.01. The minimum atomic E-state index is -1.05. The summed E-state index contributed by atoms with van der Waals surface area (Å²) in [4.78, 5) is 42.7. The third-order valence-corrected chi connectivity index (χ3v) is 4.76. The van der Waals surface area contributed by atoms with E-state index in [1.54, 1.807) is 22.8 Å². The SMILES string of the molecule is CC(C)CN(CC(=O)O)C(=O)c1ccc2c(=O)n3c(nc2c1)CCCCC3. The molecule has 0 saturated heterocycles. The molecule has 1 aromatic heterocycles. The molecule has 1 N–H and O–H groups in total. The first kappa shape index (κ1) is 19.1. The van der Waals surface area contributed by atoms with Crippen molar-refractivity contribution in [3.8, 4) is 0 Å². The summed E-state index contributed by atoms with van der Waals surface area (Å²) in [5.74, 6) is -0.497. The maximum atomic E-state index is 12.8. The van der Waals surface area contributed by atoms with Crippen LogP contribution in [0.25, 0.3) is 10.9 Å². The monoisotopic (exact) mass is 371 g/mol. The molecule has 0 spiro atoms. The normalized spacial score (nSPS) is 14.0. The number of nitrogens with zero attached hydrogens (tertiary/aromatic N) is 3. The van der Waals surface area contributed by atoms with Crippen molar-refractivity contribution in [2.24, 2.45) is 5.92 Å². The number of carboxylic acid groups (broad SMARTS) is 1. The Labute approximate surface area is 157 Å². The summed E-state index contributed by atoms with van der Waals surface area (Å²) >= 11 is 0. The van der Waals surface area contributed by atoms with E-state index >= 15 is 0 Å². The molecule has 7 nitrogen and oxygen atoms in total. The average Bonchev–Trinajstić information content (AvgIpc) is 2.85. The number of carbonyl (C=O) groups is 2. The van der Waals surface area contributed by atoms with Crippen molar-refractivity contribution in [1.82, 2.24) is 14.5 Å². The summed E-state index contributed by atoms with van der Waals surface area (Å²) < 4.78 is 1.74. The lowest BCUT2D eigenvalue weighted by Gasteiger charge is -2.23. The van der Waals surface area contributed by atoms with Gasteiger partial charge in [0.2, 0.25) is 0 Å². The number of carbonyl (C=O) groups excluding carboxylic acids is 1. The van der Waals surface area contributed by atoms with E-state index < -0.39 is 5.97 Å². The Hall–Kier alpha value is -2.70. The van der Waals surface area contributed by atoms with Crippen LogP contribution in [0.3, 0.4) is 0 Å². The van der Waals surface area contributed by atoms with Crippen molar-refractivity contribution < 1.29 is 14.7 Å². The first-order chi connectivity index (χ1) is 12.9. The summed E-state index contributed by atoms with van der Waals surface area (Å²) in [6.45, 7) is 4.54. The molecule has 27 heavy (non-hydrogen) atoms. The molecule has 144 valence electrons. The van der Waals surface area contributed by atoms with Gasteiger partial charge in [-0.25, -0.2) is 4.98 Å². The molecule has 0 saturated carbocycles. The van der Waals surface area contributed by atoms with Gasteiger partial charge in [-0.05, 0) is 37.0 Å². The van der Waals surface area contributed by atoms with Gasteiger partial charge in [-0.3, -0.25) is 19.0 Å². The zero-order chi connectivity index (χ0) is 19.6. The van der Waals surface area contributed by atoms with Crippen molar-refractivity contribution in [3.63, 3.8) is 0 Å². The molecule has 1 amide bonds. The minimum absolute atomic E-state index is 0.0690. The Morgan fingerprint density at radius 2 is 2.04 bits per heavy atom. The highest BCUT2D eigenvalue weighted by molar-refractivity contribution is 5.98. The van der Waals surface area contributed by atoms with E-state index in [-0.39, 0.29) is 23.9 Å². The summed E-state index contributed by atoms with van der Waals surface area (Å²) in [5.41, 5.74) is 0.786. The number of fused-ring (bicyclic) bond motifs is 2. The molecular weight excluding hydrogens is 346 g/mol. The van der Waals surface area contributed by atoms with Crippen LogP contribution in [0.4, 0.5) is 0 Å². The molecule has 0 unspecified atom stereocenters. The fraction of sp³-hybridized carbons (Fsp3) is 0.500. The second-order valence-corrected chi connectivity index (χ2v) is 7.50. The first-order valence-electron chi connectivity index (χ1n) is 9.41. The Morgan fingerprint density at radius 3 is 2.74 bits per heavy atom. The number of benzene rings is 1. The highest BCUT2D eigenvalue weighted by atomic mass is 16.4. The van der Waals surface area contributed by atoms with Crippen LogP contribution in [-0.4, -0.2) is 44.5 Å². The first-order valence-corrected chi connectivity index (χ1v) is 9.41. The zero-order valence-electron chi connectivity index (χ0n) is 15.8. The molecule has 1 aliphatic rings. The van der Waals surface area contributed by atoms with Crippen LogP contribution >= 0.6 is 0 Å². The average molecular weight is 371 g/mol. The largest absolute Gasteiger partial charge is 0.480 e. The molecule has 0 atom stereocenters. The number of aromatic nitrogens is 2. The lowest BCUT2D eigenvalue weighted by Crippen LogP contribution is -2.38. The van der Waals surface area contributed by atoms with Crippen LogP contribution in [-0.2, 0) is 17.8 Å². The van der Waals surface area contributed by atoms with Crippen molar-refractivity contribution in [2.75, 3.05) is 13.1 Å². The summed E-state index contributed by atoms with van der Waals surface area (Å²) in [6, 6.07) is 4.83. The Kier molecular flexibility index (Phi) is 5.58. The number of hydrogen-bond acceptors (Lipinski definition) is 4. The maximum absolute atomic E-state index is 12.8. The summed E-state index contributed by atoms with van der Waals surface area (Å²) in [5, 5.41) is 9.60. The van der Waals surface area contributed by atoms with Crippen molar-refractivity contribution in [1.29, 1.82) is 0 Å². The molecule has 2 heterocycles. The quantitative estimate of drug-likeness (QED) is 0.871. The minimum Gasteiger partial charge on any atom is -0.480 e. The van der Waals surface area contributed by atoms with E-state index in [0.29, 0.717) is 29.6 Å². The number of rotatable bonds is 5. The third kappa shape index (κ3) is 4.18. The van der Waals surface area contributed by atoms with Crippen LogP contribution in [0.5, 0.6) is 0 Å². The molecule has 0 aliphatic carbocycles. The van der Waals surface area contributed by atoms with Crippen LogP contribution < -0.4 is 5.56 Å². The molecule has 0 radical (unpaired) electrons. The van der Waals surface area contributed by atoms with Crippen LogP contribution in [0.15, 0.2) is 23.0 Å². The van der Waals surface area contributed by atoms with E-state index in [4.69, 9.17) is 5.11 Å². The van der Waals surface area contributed by atoms with Crippen molar-refractivity contribution in [2.45, 2.75) is 46.1 Å². The molecule has 7 heteroatoms. The number of hydrogen-bond donors (Lipinski definition) is 1. The van der Waals surface area contributed by atoms with E-state index in [2.05, 4.69) is 4.98 Å². The van der Waals surface area contributed by atoms with Crippen molar-refractivity contribution >= 4 is 22.8 Å². The summed E-state index contributed by atoms with van der Waals surface area (Å²) in [6.07, 6.45) is 3.79. The van der Waals surface area contributed by atoms with E-state index in [1.807, 2.05) is 13.8 Å². The topological polar surface area (TPSA) is 92.5 Å². The molecule has 1 aliphatic heterocycles. The van der Waals surface area contributed by atoms with Gasteiger partial charge in [-0.15, -0.1) is 0 Å². The van der Waals surface area contributed by atoms with Gasteiger partial charge < -0.3 is 10.0 Å². The zero-order valence-corrected chi connectivity index (χ0v) is 15.8. The smallest absolute Gasteiger partial charge is 0.323 e. The molecule has 2 aromatic rings. The van der Waals surface area contributed by atoms with Crippen molar-refractivity contribution in [3.05, 3.63) is 39.9 Å². The fourth-order valence-electron chi connectivity index (χ4n) is 3.56. The lowest BCUT2D eigenvalue weighted by molar-refractivity contribution is -0.137. The van der Waals surface area contributed by atoms with Crippen LogP contribution in [0, 0.1) is 5.92 Å². The predicted octanol–water partition coefficient (Wildman–Crippen LogP) is 2.31. The molecule has 0 bridgehead atoms. The van der Waals surface area contributed by atoms with Gasteiger partial charge in [0.15, 0.2) is 0 Å². The maximum Gasteiger partial charge on any atom is 0.323 e. The number of aryl methyl sites for hydroxylation is 1. The van der Waals surface area contributed by atoms with Crippen LogP contribution in [0.1, 0.15) is 49.3 Å². The number of aliphatic carboxylic acids is 1. The van der Waals surface area contributed by atoms with Gasteiger partial charge >= 0.3 is 5.97 Å². The number of carboxylic acids is 1. The summed E-state index contributed by atoms with van der Waals surface area (Å²) in [7, 11) is 0. The standard InChI is InChI=1S/C20H25N3O4/c1-13(2)11-22(12-18(24)25)19(26)14-7-8-15-16(10-14)21-17-6-4-3-5-9-23(17)20(15)27/h7-8,10,13H,3-6,9,11-12H2,1-2H3,(H,24,25). The van der Waals surface area contributed by atoms with Gasteiger partial charge in [0, 0.05) is 25.1 Å². The van der Waals surface area contributed by atoms with Crippen LogP contribution in [0.2, 0.25) is 0 Å². The Morgan fingerprint density at radius 1 is 1.26 bits per heavy atom. The van der Waals surface area contributed by atoms with Gasteiger partial charge in [0.25, 0.3) is 11.5 Å². The van der Waals surface area contributed by atoms with E-state index in [1.165, 1.54) is 4.90 Å². The van der Waals surface area contributed by atoms with E-state index in [0.717, 1.165) is 31.5 Å². The third-order valence-electron chi connectivity index (χ3n) is 4.76. The highest BCUT2D eigenvalue weighted by Crippen LogP contribution is 2.17. The lowest BCUT2D eigenvalue weighted by atomic mass is 10.1. The molecule has 0 fully saturated rings. The van der Waals surface area contributed by atoms with Gasteiger partial charge in [0.1, 0.15) is 12.4 Å². The van der Waals surface area contributed by atoms with Gasteiger partial charge in [-0.2, -0.15) is 0 Å². The molecular formula is C20H25N3O4. The fourth-order valence-corrected chi connectivity index (χ4v) is 3.56. The second kappa shape index (κ2) is 7.90. The van der Waals surface area contributed by atoms with E-state index in [9.17, 15) is 14.4 Å². The second-order valence-electron chi connectivity index (χ2n) is 7.50.